The fourth-order valence-electron chi connectivity index (χ4n) is 5.55. The first-order valence-corrected chi connectivity index (χ1v) is 13.1. The van der Waals surface area contributed by atoms with Gasteiger partial charge < -0.3 is 9.64 Å². The first-order chi connectivity index (χ1) is 17.2. The van der Waals surface area contributed by atoms with E-state index in [-0.39, 0.29) is 5.92 Å². The van der Waals surface area contributed by atoms with Crippen molar-refractivity contribution in [2.45, 2.75) is 38.6 Å². The van der Waals surface area contributed by atoms with Gasteiger partial charge in [-0.2, -0.15) is 0 Å². The number of para-hydroxylation sites is 1. The summed E-state index contributed by atoms with van der Waals surface area (Å²) in [6.45, 7) is 4.57. The smallest absolute Gasteiger partial charge is 0.226 e. The first kappa shape index (κ1) is 23.6. The van der Waals surface area contributed by atoms with Gasteiger partial charge in [0.25, 0.3) is 0 Å². The van der Waals surface area contributed by atoms with Crippen LogP contribution < -0.4 is 4.74 Å². The molecule has 2 saturated heterocycles. The van der Waals surface area contributed by atoms with E-state index in [0.717, 1.165) is 76.3 Å². The lowest BCUT2D eigenvalue weighted by molar-refractivity contribution is -0.138. The van der Waals surface area contributed by atoms with E-state index in [9.17, 15) is 4.79 Å². The number of hydrogen-bond donors (Lipinski definition) is 0. The van der Waals surface area contributed by atoms with Gasteiger partial charge >= 0.3 is 0 Å². The lowest BCUT2D eigenvalue weighted by atomic mass is 9.89. The molecule has 2 heterocycles. The number of nitrogens with zero attached hydrogens (tertiary/aromatic N) is 2. The lowest BCUT2D eigenvalue weighted by Gasteiger charge is -2.38. The van der Waals surface area contributed by atoms with Crippen LogP contribution in [-0.2, 0) is 17.8 Å². The van der Waals surface area contributed by atoms with Crippen LogP contribution >= 0.6 is 0 Å². The third kappa shape index (κ3) is 6.52. The topological polar surface area (TPSA) is 32.8 Å². The molecule has 0 unspecified atom stereocenters. The van der Waals surface area contributed by atoms with E-state index in [1.807, 2.05) is 36.4 Å². The molecule has 0 aliphatic carbocycles. The molecule has 0 saturated carbocycles. The maximum absolute atomic E-state index is 13.4. The van der Waals surface area contributed by atoms with Crippen LogP contribution in [0.4, 0.5) is 0 Å². The van der Waals surface area contributed by atoms with Crippen molar-refractivity contribution in [1.29, 1.82) is 0 Å². The summed E-state index contributed by atoms with van der Waals surface area (Å²) in [4.78, 5) is 17.9. The minimum atomic E-state index is 0.123. The van der Waals surface area contributed by atoms with E-state index in [0.29, 0.717) is 11.8 Å². The second-order valence-electron chi connectivity index (χ2n) is 10.1. The van der Waals surface area contributed by atoms with Gasteiger partial charge in [-0.3, -0.25) is 9.69 Å². The van der Waals surface area contributed by atoms with Gasteiger partial charge in [-0.05, 0) is 80.0 Å². The van der Waals surface area contributed by atoms with Crippen LogP contribution in [0.3, 0.4) is 0 Å². The summed E-state index contributed by atoms with van der Waals surface area (Å²) < 4.78 is 6.01. The maximum atomic E-state index is 13.4. The second-order valence-corrected chi connectivity index (χ2v) is 10.1. The highest BCUT2D eigenvalue weighted by atomic mass is 16.5. The van der Waals surface area contributed by atoms with Crippen molar-refractivity contribution in [1.82, 2.24) is 9.80 Å². The number of carbonyl (C=O) groups excluding carboxylic acids is 1. The number of carbonyl (C=O) groups is 1. The molecule has 0 spiro atoms. The van der Waals surface area contributed by atoms with Crippen LogP contribution in [0, 0.1) is 11.8 Å². The number of hydrogen-bond acceptors (Lipinski definition) is 3. The van der Waals surface area contributed by atoms with Crippen molar-refractivity contribution in [3.8, 4) is 11.5 Å². The Morgan fingerprint density at radius 1 is 0.771 bits per heavy atom. The van der Waals surface area contributed by atoms with Crippen molar-refractivity contribution < 1.29 is 9.53 Å². The molecule has 3 aromatic carbocycles. The Labute approximate surface area is 209 Å². The zero-order chi connectivity index (χ0) is 23.9. The minimum Gasteiger partial charge on any atom is -0.457 e. The number of likely N-dealkylation sites (tertiary alicyclic amines) is 2. The predicted molar refractivity (Wildman–Crippen MR) is 140 cm³/mol. The molecule has 0 bridgehead atoms. The predicted octanol–water partition coefficient (Wildman–Crippen LogP) is 6.17. The summed E-state index contributed by atoms with van der Waals surface area (Å²) in [6, 6.07) is 29.0. The van der Waals surface area contributed by atoms with Gasteiger partial charge in [0, 0.05) is 26.2 Å². The Hall–Kier alpha value is -3.11. The van der Waals surface area contributed by atoms with Gasteiger partial charge in [-0.15, -0.1) is 0 Å². The summed E-state index contributed by atoms with van der Waals surface area (Å²) in [5.41, 5.74) is 2.65. The average Bonchev–Trinajstić information content (AvgIpc) is 2.90. The van der Waals surface area contributed by atoms with Crippen molar-refractivity contribution in [3.05, 3.63) is 96.1 Å². The van der Waals surface area contributed by atoms with E-state index in [1.165, 1.54) is 11.1 Å². The molecule has 4 heteroatoms. The number of benzene rings is 3. The third-order valence-electron chi connectivity index (χ3n) is 7.43. The molecule has 2 aliphatic heterocycles. The Balaban J connectivity index is 1.12. The SMILES string of the molecule is O=C([C@H]1CCCN(Cc2cccc(Oc3ccccc3)c2)C1)N1CCC(Cc2ccccc2)CC1. The van der Waals surface area contributed by atoms with Crippen LogP contribution in [0.1, 0.15) is 36.8 Å². The molecule has 35 heavy (non-hydrogen) atoms. The van der Waals surface area contributed by atoms with Crippen LogP contribution in [-0.4, -0.2) is 41.9 Å². The van der Waals surface area contributed by atoms with Crippen LogP contribution in [0.2, 0.25) is 0 Å². The molecular weight excluding hydrogens is 432 g/mol. The summed E-state index contributed by atoms with van der Waals surface area (Å²) in [5, 5.41) is 0. The molecular formula is C31H36N2O2. The Kier molecular flexibility index (Phi) is 7.79. The molecule has 0 N–H and O–H groups in total. The molecule has 4 nitrogen and oxygen atoms in total. The molecule has 2 aliphatic rings. The van der Waals surface area contributed by atoms with E-state index in [2.05, 4.69) is 58.3 Å². The number of amides is 1. The molecule has 1 amide bonds. The molecule has 5 rings (SSSR count). The third-order valence-corrected chi connectivity index (χ3v) is 7.43. The Morgan fingerprint density at radius 3 is 2.23 bits per heavy atom. The second kappa shape index (κ2) is 11.5. The molecule has 0 aromatic heterocycles. The fourth-order valence-corrected chi connectivity index (χ4v) is 5.55. The van der Waals surface area contributed by atoms with Crippen molar-refractivity contribution >= 4 is 5.91 Å². The number of rotatable bonds is 7. The molecule has 2 fully saturated rings. The van der Waals surface area contributed by atoms with Gasteiger partial charge in [-0.25, -0.2) is 0 Å². The van der Waals surface area contributed by atoms with Crippen molar-refractivity contribution in [3.63, 3.8) is 0 Å². The summed E-state index contributed by atoms with van der Waals surface area (Å²) >= 11 is 0. The monoisotopic (exact) mass is 468 g/mol. The standard InChI is InChI=1S/C31H36N2O2/c34-31(33-19-16-26(17-20-33)21-25-9-3-1-4-10-25)28-12-8-18-32(24-28)23-27-11-7-15-30(22-27)35-29-13-5-2-6-14-29/h1-7,9-11,13-15,22,26,28H,8,12,16-21,23-24H2/t28-/m0/s1. The lowest BCUT2D eigenvalue weighted by Crippen LogP contribution is -2.47. The number of ether oxygens (including phenoxy) is 1. The summed E-state index contributed by atoms with van der Waals surface area (Å²) in [5.74, 6) is 2.89. The van der Waals surface area contributed by atoms with Gasteiger partial charge in [0.15, 0.2) is 0 Å². The maximum Gasteiger partial charge on any atom is 0.226 e. The molecule has 1 atom stereocenters. The van der Waals surface area contributed by atoms with E-state index >= 15 is 0 Å². The molecule has 3 aromatic rings. The summed E-state index contributed by atoms with van der Waals surface area (Å²) in [6.07, 6.45) is 5.46. The average molecular weight is 469 g/mol. The highest BCUT2D eigenvalue weighted by molar-refractivity contribution is 5.79. The normalized spacial score (nSPS) is 19.4. The van der Waals surface area contributed by atoms with Gasteiger partial charge in [0.2, 0.25) is 5.91 Å². The quantitative estimate of drug-likeness (QED) is 0.416. The highest BCUT2D eigenvalue weighted by Gasteiger charge is 2.31. The number of piperidine rings is 2. The summed E-state index contributed by atoms with van der Waals surface area (Å²) in [7, 11) is 0. The first-order valence-electron chi connectivity index (χ1n) is 13.1. The Bertz CT molecular complexity index is 1080. The van der Waals surface area contributed by atoms with Gasteiger partial charge in [0.05, 0.1) is 5.92 Å². The highest BCUT2D eigenvalue weighted by Crippen LogP contribution is 2.27. The Morgan fingerprint density at radius 2 is 1.46 bits per heavy atom. The van der Waals surface area contributed by atoms with Gasteiger partial charge in [0.1, 0.15) is 11.5 Å². The van der Waals surface area contributed by atoms with Gasteiger partial charge in [-0.1, -0.05) is 60.7 Å². The van der Waals surface area contributed by atoms with Crippen LogP contribution in [0.15, 0.2) is 84.9 Å². The zero-order valence-corrected chi connectivity index (χ0v) is 20.5. The van der Waals surface area contributed by atoms with E-state index < -0.39 is 0 Å². The molecule has 182 valence electrons. The fraction of sp³-hybridized carbons (Fsp3) is 0.387. The largest absolute Gasteiger partial charge is 0.457 e. The minimum absolute atomic E-state index is 0.123. The van der Waals surface area contributed by atoms with E-state index in [4.69, 9.17) is 4.74 Å². The van der Waals surface area contributed by atoms with Crippen LogP contribution in [0.5, 0.6) is 11.5 Å². The van der Waals surface area contributed by atoms with Crippen molar-refractivity contribution in [2.24, 2.45) is 11.8 Å². The van der Waals surface area contributed by atoms with Crippen LogP contribution in [0.25, 0.3) is 0 Å². The van der Waals surface area contributed by atoms with E-state index in [1.54, 1.807) is 0 Å². The van der Waals surface area contributed by atoms with Crippen molar-refractivity contribution in [2.75, 3.05) is 26.2 Å². The zero-order valence-electron chi connectivity index (χ0n) is 20.5. The molecule has 0 radical (unpaired) electrons.